The minimum Gasteiger partial charge on any atom is -0.493 e. The average Bonchev–Trinajstić information content (AvgIpc) is 2.36. The molecule has 5 nitrogen and oxygen atoms in total. The fraction of sp³-hybridized carbons (Fsp3) is 0.333. The maximum Gasteiger partial charge on any atom is 0.329 e. The first-order valence-corrected chi connectivity index (χ1v) is 4.95. The highest BCUT2D eigenvalue weighted by molar-refractivity contribution is 6.04. The number of carbonyl (C=O) groups is 1. The lowest BCUT2D eigenvalue weighted by Gasteiger charge is -2.18. The molecule has 0 aliphatic heterocycles. The Hall–Kier alpha value is -2.22. The molecule has 0 unspecified atom stereocenters. The number of hydrogen-bond donors (Lipinski definition) is 0. The molecule has 0 N–H and O–H groups in total. The molecule has 17 heavy (non-hydrogen) atoms. The molecule has 1 rings (SSSR count). The highest BCUT2D eigenvalue weighted by atomic mass is 16.5. The van der Waals surface area contributed by atoms with Gasteiger partial charge in [0.15, 0.2) is 17.6 Å². The molecule has 0 radical (unpaired) electrons. The predicted molar refractivity (Wildman–Crippen MR) is 63.3 cm³/mol. The van der Waals surface area contributed by atoms with Gasteiger partial charge in [0.1, 0.15) is 0 Å². The first kappa shape index (κ1) is 12.8. The third-order valence-corrected chi connectivity index (χ3v) is 2.46. The van der Waals surface area contributed by atoms with Crippen LogP contribution in [0.3, 0.4) is 0 Å². The molecule has 1 aromatic carbocycles. The second kappa shape index (κ2) is 5.21. The van der Waals surface area contributed by atoms with Crippen LogP contribution in [0.25, 0.3) is 0 Å². The van der Waals surface area contributed by atoms with E-state index in [-0.39, 0.29) is 0 Å². The van der Waals surface area contributed by atoms with Gasteiger partial charge in [-0.3, -0.25) is 4.79 Å². The van der Waals surface area contributed by atoms with Gasteiger partial charge in [-0.05, 0) is 18.6 Å². The zero-order chi connectivity index (χ0) is 13.0. The van der Waals surface area contributed by atoms with E-state index in [1.54, 1.807) is 32.4 Å². The second-order valence-electron chi connectivity index (χ2n) is 3.47. The molecule has 0 heterocycles. The van der Waals surface area contributed by atoms with Crippen LogP contribution >= 0.6 is 0 Å². The fourth-order valence-corrected chi connectivity index (χ4v) is 1.52. The van der Waals surface area contributed by atoms with Crippen molar-refractivity contribution in [1.29, 1.82) is 5.26 Å². The summed E-state index contributed by atoms with van der Waals surface area (Å²) in [6, 6.07) is 5.00. The van der Waals surface area contributed by atoms with Crippen molar-refractivity contribution in [3.63, 3.8) is 0 Å². The number of carbonyl (C=O) groups excluding carboxylic acids is 1. The monoisotopic (exact) mass is 234 g/mol. The zero-order valence-electron chi connectivity index (χ0n) is 10.3. The standard InChI is InChI=1S/C12H14N2O3/c1-8-5-10(16-3)11(17-4)6-9(8)14(2)12(15)7-13/h5-6H,1-4H3. The molecule has 0 saturated heterocycles. The highest BCUT2D eigenvalue weighted by Gasteiger charge is 2.15. The van der Waals surface area contributed by atoms with Crippen LogP contribution in [0.15, 0.2) is 12.1 Å². The minimum absolute atomic E-state index is 0.519. The molecule has 0 fully saturated rings. The molecule has 0 aliphatic rings. The summed E-state index contributed by atoms with van der Waals surface area (Å²) in [5.74, 6) is 0.484. The van der Waals surface area contributed by atoms with Gasteiger partial charge in [0.2, 0.25) is 0 Å². The van der Waals surface area contributed by atoms with Gasteiger partial charge < -0.3 is 14.4 Å². The molecular formula is C12H14N2O3. The molecular weight excluding hydrogens is 220 g/mol. The Morgan fingerprint density at radius 3 is 2.29 bits per heavy atom. The molecule has 0 aliphatic carbocycles. The summed E-state index contributed by atoms with van der Waals surface area (Å²) in [4.78, 5) is 12.6. The van der Waals surface area contributed by atoms with Crippen molar-refractivity contribution in [3.05, 3.63) is 17.7 Å². The number of rotatable bonds is 3. The van der Waals surface area contributed by atoms with Gasteiger partial charge in [0, 0.05) is 13.1 Å². The van der Waals surface area contributed by atoms with Crippen LogP contribution in [0.4, 0.5) is 5.69 Å². The molecule has 0 saturated carbocycles. The zero-order valence-corrected chi connectivity index (χ0v) is 10.3. The van der Waals surface area contributed by atoms with E-state index in [4.69, 9.17) is 14.7 Å². The third kappa shape index (κ3) is 2.48. The van der Waals surface area contributed by atoms with Crippen LogP contribution < -0.4 is 14.4 Å². The van der Waals surface area contributed by atoms with E-state index in [9.17, 15) is 4.79 Å². The van der Waals surface area contributed by atoms with Gasteiger partial charge in [0.25, 0.3) is 0 Å². The van der Waals surface area contributed by atoms with Crippen LogP contribution in [-0.4, -0.2) is 27.2 Å². The lowest BCUT2D eigenvalue weighted by atomic mass is 10.1. The summed E-state index contributed by atoms with van der Waals surface area (Å²) in [6.45, 7) is 1.83. The van der Waals surface area contributed by atoms with Crippen molar-refractivity contribution in [2.45, 2.75) is 6.92 Å². The van der Waals surface area contributed by atoms with Gasteiger partial charge in [-0.1, -0.05) is 0 Å². The van der Waals surface area contributed by atoms with Crippen molar-refractivity contribution in [1.82, 2.24) is 0 Å². The van der Waals surface area contributed by atoms with Crippen molar-refractivity contribution in [2.75, 3.05) is 26.2 Å². The van der Waals surface area contributed by atoms with Crippen LogP contribution in [0, 0.1) is 18.3 Å². The van der Waals surface area contributed by atoms with Crippen LogP contribution in [0.5, 0.6) is 11.5 Å². The maximum absolute atomic E-state index is 11.3. The summed E-state index contributed by atoms with van der Waals surface area (Å²) in [7, 11) is 4.60. The Morgan fingerprint density at radius 1 is 1.29 bits per heavy atom. The lowest BCUT2D eigenvalue weighted by molar-refractivity contribution is -0.113. The van der Waals surface area contributed by atoms with Gasteiger partial charge in [-0.2, -0.15) is 5.26 Å². The molecule has 0 spiro atoms. The van der Waals surface area contributed by atoms with Gasteiger partial charge in [-0.15, -0.1) is 0 Å². The molecule has 1 amide bonds. The van der Waals surface area contributed by atoms with Crippen LogP contribution in [0.2, 0.25) is 0 Å². The number of benzene rings is 1. The van der Waals surface area contributed by atoms with Crippen LogP contribution in [-0.2, 0) is 4.79 Å². The first-order valence-electron chi connectivity index (χ1n) is 4.95. The number of nitrogens with zero attached hydrogens (tertiary/aromatic N) is 2. The molecule has 1 aromatic rings. The number of methoxy groups -OCH3 is 2. The summed E-state index contributed by atoms with van der Waals surface area (Å²) in [5, 5.41) is 8.59. The van der Waals surface area contributed by atoms with Crippen molar-refractivity contribution in [2.24, 2.45) is 0 Å². The second-order valence-corrected chi connectivity index (χ2v) is 3.47. The van der Waals surface area contributed by atoms with Gasteiger partial charge in [0.05, 0.1) is 19.9 Å². The lowest BCUT2D eigenvalue weighted by Crippen LogP contribution is -2.25. The number of ether oxygens (including phenoxy) is 2. The number of anilines is 1. The topological polar surface area (TPSA) is 62.6 Å². The minimum atomic E-state index is -0.625. The average molecular weight is 234 g/mol. The Kier molecular flexibility index (Phi) is 3.94. The SMILES string of the molecule is COc1cc(C)c(N(C)C(=O)C#N)cc1OC. The Bertz CT molecular complexity index is 477. The molecule has 90 valence electrons. The number of hydrogen-bond acceptors (Lipinski definition) is 4. The van der Waals surface area contributed by atoms with E-state index in [0.29, 0.717) is 17.2 Å². The van der Waals surface area contributed by atoms with E-state index in [1.807, 2.05) is 6.92 Å². The van der Waals surface area contributed by atoms with E-state index < -0.39 is 5.91 Å². The fourth-order valence-electron chi connectivity index (χ4n) is 1.52. The Balaban J connectivity index is 3.27. The number of aryl methyl sites for hydroxylation is 1. The Morgan fingerprint density at radius 2 is 1.82 bits per heavy atom. The normalized spacial score (nSPS) is 9.35. The highest BCUT2D eigenvalue weighted by Crippen LogP contribution is 2.34. The summed E-state index contributed by atoms with van der Waals surface area (Å²) >= 11 is 0. The summed E-state index contributed by atoms with van der Waals surface area (Å²) in [6.07, 6.45) is 0. The van der Waals surface area contributed by atoms with E-state index in [2.05, 4.69) is 0 Å². The maximum atomic E-state index is 11.3. The van der Waals surface area contributed by atoms with Crippen molar-refractivity contribution in [3.8, 4) is 17.6 Å². The molecule has 5 heteroatoms. The number of nitriles is 1. The predicted octanol–water partition coefficient (Wildman–Crippen LogP) is 1.50. The quantitative estimate of drug-likeness (QED) is 0.743. The van der Waals surface area contributed by atoms with Gasteiger partial charge in [-0.25, -0.2) is 0 Å². The van der Waals surface area contributed by atoms with E-state index >= 15 is 0 Å². The van der Waals surface area contributed by atoms with E-state index in [1.165, 1.54) is 12.0 Å². The Labute approximate surface area is 100 Å². The van der Waals surface area contributed by atoms with Gasteiger partial charge >= 0.3 is 5.91 Å². The third-order valence-electron chi connectivity index (χ3n) is 2.46. The largest absolute Gasteiger partial charge is 0.493 e. The van der Waals surface area contributed by atoms with E-state index in [0.717, 1.165) is 5.56 Å². The molecule has 0 aromatic heterocycles. The first-order chi connectivity index (χ1) is 8.04. The van der Waals surface area contributed by atoms with Crippen molar-refractivity contribution >= 4 is 11.6 Å². The van der Waals surface area contributed by atoms with Crippen LogP contribution in [0.1, 0.15) is 5.56 Å². The summed E-state index contributed by atoms with van der Waals surface area (Å²) in [5.41, 5.74) is 1.45. The summed E-state index contributed by atoms with van der Waals surface area (Å²) < 4.78 is 10.3. The smallest absolute Gasteiger partial charge is 0.329 e. The number of amides is 1. The molecule has 0 bridgehead atoms. The molecule has 0 atom stereocenters. The van der Waals surface area contributed by atoms with Crippen molar-refractivity contribution < 1.29 is 14.3 Å².